The minimum absolute atomic E-state index is 0.0142. The molecule has 0 aliphatic carbocycles. The highest BCUT2D eigenvalue weighted by Crippen LogP contribution is 2.36. The van der Waals surface area contributed by atoms with Crippen LogP contribution in [-0.2, 0) is 14.3 Å². The van der Waals surface area contributed by atoms with Crippen LogP contribution in [0.2, 0.25) is 10.0 Å². The van der Waals surface area contributed by atoms with E-state index in [-0.39, 0.29) is 30.1 Å². The fraction of sp³-hybridized carbons (Fsp3) is 0.360. The molecule has 3 aromatic rings. The summed E-state index contributed by atoms with van der Waals surface area (Å²) in [5.74, 6) is -0.663. The van der Waals surface area contributed by atoms with Gasteiger partial charge in [0.2, 0.25) is 5.91 Å². The average Bonchev–Trinajstić information content (AvgIpc) is 3.23. The second kappa shape index (κ2) is 9.97. The first kappa shape index (κ1) is 22.7. The van der Waals surface area contributed by atoms with Crippen molar-refractivity contribution in [2.75, 3.05) is 19.7 Å². The van der Waals surface area contributed by atoms with E-state index in [0.717, 1.165) is 34.9 Å². The topological polar surface area (TPSA) is 62.4 Å². The van der Waals surface area contributed by atoms with Crippen LogP contribution in [0.15, 0.2) is 48.7 Å². The zero-order chi connectivity index (χ0) is 22.7. The predicted molar refractivity (Wildman–Crippen MR) is 127 cm³/mol. The summed E-state index contributed by atoms with van der Waals surface area (Å²) in [7, 11) is 0. The van der Waals surface area contributed by atoms with E-state index in [1.165, 1.54) is 0 Å². The normalized spacial score (nSPS) is 17.3. The highest BCUT2D eigenvalue weighted by atomic mass is 35.5. The average molecular weight is 473 g/mol. The molecule has 1 aromatic heterocycles. The fourth-order valence-corrected chi connectivity index (χ4v) is 4.79. The van der Waals surface area contributed by atoms with Crippen LogP contribution in [0.25, 0.3) is 10.9 Å². The Morgan fingerprint density at radius 3 is 2.78 bits per heavy atom. The number of esters is 1. The molecule has 1 saturated heterocycles. The fourth-order valence-electron chi connectivity index (χ4n) is 4.48. The number of likely N-dealkylation sites (tertiary alicyclic amines) is 1. The summed E-state index contributed by atoms with van der Waals surface area (Å²) in [4.78, 5) is 30.7. The van der Waals surface area contributed by atoms with Crippen LogP contribution in [0.5, 0.6) is 0 Å². The molecule has 2 heterocycles. The molecule has 7 heteroatoms. The number of nitrogens with zero attached hydrogens (tertiary/aromatic N) is 1. The standard InChI is InChI=1S/C25H26Cl2N2O3/c1-2-32-25(31)17-6-5-11-29(15-17)24(30)13-19(16-9-10-21(26)22(27)12-16)20-14-28-23-8-4-3-7-18(20)23/h3-4,7-10,12,14,17,19,28H,2,5-6,11,13,15H2,1H3/t17-,19-/m1/s1. The van der Waals surface area contributed by atoms with E-state index in [1.807, 2.05) is 42.6 Å². The van der Waals surface area contributed by atoms with Gasteiger partial charge in [0.15, 0.2) is 0 Å². The van der Waals surface area contributed by atoms with E-state index in [9.17, 15) is 9.59 Å². The number of hydrogen-bond donors (Lipinski definition) is 1. The number of halogens is 2. The molecular weight excluding hydrogens is 447 g/mol. The number of aromatic amines is 1. The van der Waals surface area contributed by atoms with E-state index in [4.69, 9.17) is 27.9 Å². The maximum absolute atomic E-state index is 13.4. The minimum atomic E-state index is -0.260. The lowest BCUT2D eigenvalue weighted by molar-refractivity contribution is -0.151. The Labute approximate surface area is 197 Å². The molecule has 1 fully saturated rings. The van der Waals surface area contributed by atoms with Gasteiger partial charge in [-0.15, -0.1) is 0 Å². The number of rotatable bonds is 6. The first-order valence-electron chi connectivity index (χ1n) is 10.9. The molecule has 2 aromatic carbocycles. The van der Waals surface area contributed by atoms with E-state index < -0.39 is 0 Å². The van der Waals surface area contributed by atoms with E-state index >= 15 is 0 Å². The Morgan fingerprint density at radius 1 is 1.19 bits per heavy atom. The van der Waals surface area contributed by atoms with Gasteiger partial charge in [0, 0.05) is 42.5 Å². The van der Waals surface area contributed by atoms with Crippen molar-refractivity contribution in [3.05, 3.63) is 69.8 Å². The quantitative estimate of drug-likeness (QED) is 0.461. The maximum Gasteiger partial charge on any atom is 0.310 e. The van der Waals surface area contributed by atoms with Crippen molar-refractivity contribution in [3.63, 3.8) is 0 Å². The van der Waals surface area contributed by atoms with Crippen LogP contribution in [0.1, 0.15) is 43.2 Å². The first-order chi connectivity index (χ1) is 15.5. The summed E-state index contributed by atoms with van der Waals surface area (Å²) >= 11 is 12.5. The van der Waals surface area contributed by atoms with Crippen molar-refractivity contribution < 1.29 is 14.3 Å². The second-order valence-electron chi connectivity index (χ2n) is 8.15. The highest BCUT2D eigenvalue weighted by molar-refractivity contribution is 6.42. The third kappa shape index (κ3) is 4.79. The van der Waals surface area contributed by atoms with Gasteiger partial charge in [-0.05, 0) is 49.1 Å². The Balaban J connectivity index is 1.62. The van der Waals surface area contributed by atoms with Crippen molar-refractivity contribution >= 4 is 46.0 Å². The summed E-state index contributed by atoms with van der Waals surface area (Å²) in [5, 5.41) is 2.01. The molecule has 0 bridgehead atoms. The van der Waals surface area contributed by atoms with Crippen LogP contribution < -0.4 is 0 Å². The van der Waals surface area contributed by atoms with Crippen molar-refractivity contribution in [1.29, 1.82) is 0 Å². The van der Waals surface area contributed by atoms with Crippen LogP contribution in [0.3, 0.4) is 0 Å². The van der Waals surface area contributed by atoms with Gasteiger partial charge in [-0.2, -0.15) is 0 Å². The van der Waals surface area contributed by atoms with Gasteiger partial charge in [-0.3, -0.25) is 9.59 Å². The molecule has 168 valence electrons. The Hall–Kier alpha value is -2.50. The van der Waals surface area contributed by atoms with Crippen LogP contribution in [-0.4, -0.2) is 41.5 Å². The lowest BCUT2D eigenvalue weighted by Gasteiger charge is -2.32. The number of nitrogens with one attached hydrogen (secondary N) is 1. The molecule has 0 spiro atoms. The lowest BCUT2D eigenvalue weighted by Crippen LogP contribution is -2.43. The number of fused-ring (bicyclic) bond motifs is 1. The van der Waals surface area contributed by atoms with E-state index in [2.05, 4.69) is 4.98 Å². The number of piperidine rings is 1. The maximum atomic E-state index is 13.4. The number of carbonyl (C=O) groups is 2. The number of hydrogen-bond acceptors (Lipinski definition) is 3. The third-order valence-corrected chi connectivity index (χ3v) is 6.85. The summed E-state index contributed by atoms with van der Waals surface area (Å²) < 4.78 is 5.18. The number of carbonyl (C=O) groups excluding carboxylic acids is 2. The Kier molecular flexibility index (Phi) is 7.07. The molecule has 1 N–H and O–H groups in total. The van der Waals surface area contributed by atoms with Gasteiger partial charge in [0.05, 0.1) is 22.6 Å². The van der Waals surface area contributed by atoms with Crippen LogP contribution >= 0.6 is 23.2 Å². The summed E-state index contributed by atoms with van der Waals surface area (Å²) in [6.45, 7) is 3.20. The van der Waals surface area contributed by atoms with Crippen molar-refractivity contribution in [2.24, 2.45) is 5.92 Å². The van der Waals surface area contributed by atoms with Gasteiger partial charge >= 0.3 is 5.97 Å². The molecule has 0 radical (unpaired) electrons. The molecule has 5 nitrogen and oxygen atoms in total. The first-order valence-corrected chi connectivity index (χ1v) is 11.7. The lowest BCUT2D eigenvalue weighted by atomic mass is 9.87. The minimum Gasteiger partial charge on any atom is -0.466 e. The molecule has 32 heavy (non-hydrogen) atoms. The summed E-state index contributed by atoms with van der Waals surface area (Å²) in [6.07, 6.45) is 3.78. The van der Waals surface area contributed by atoms with E-state index in [0.29, 0.717) is 29.7 Å². The Bertz CT molecular complexity index is 1130. The van der Waals surface area contributed by atoms with Gasteiger partial charge in [-0.25, -0.2) is 0 Å². The van der Waals surface area contributed by atoms with Gasteiger partial charge < -0.3 is 14.6 Å². The zero-order valence-electron chi connectivity index (χ0n) is 17.9. The molecule has 4 rings (SSSR count). The highest BCUT2D eigenvalue weighted by Gasteiger charge is 2.31. The number of benzene rings is 2. The van der Waals surface area contributed by atoms with Crippen LogP contribution in [0.4, 0.5) is 0 Å². The van der Waals surface area contributed by atoms with Crippen molar-refractivity contribution in [2.45, 2.75) is 32.1 Å². The third-order valence-electron chi connectivity index (χ3n) is 6.12. The monoisotopic (exact) mass is 472 g/mol. The number of aromatic nitrogens is 1. The number of para-hydroxylation sites is 1. The summed E-state index contributed by atoms with van der Waals surface area (Å²) in [5.41, 5.74) is 2.98. The van der Waals surface area contributed by atoms with Gasteiger partial charge in [0.25, 0.3) is 0 Å². The Morgan fingerprint density at radius 2 is 2.00 bits per heavy atom. The molecule has 1 aliphatic rings. The molecule has 0 saturated carbocycles. The molecule has 1 aliphatic heterocycles. The molecule has 2 atom stereocenters. The van der Waals surface area contributed by atoms with Crippen molar-refractivity contribution in [3.8, 4) is 0 Å². The second-order valence-corrected chi connectivity index (χ2v) is 8.97. The SMILES string of the molecule is CCOC(=O)[C@@H]1CCCN(C(=O)C[C@H](c2ccc(Cl)c(Cl)c2)c2c[nH]c3ccccc23)C1. The van der Waals surface area contributed by atoms with E-state index in [1.54, 1.807) is 17.9 Å². The molecule has 0 unspecified atom stereocenters. The van der Waals surface area contributed by atoms with Gasteiger partial charge in [0.1, 0.15) is 0 Å². The van der Waals surface area contributed by atoms with Crippen molar-refractivity contribution in [1.82, 2.24) is 9.88 Å². The summed E-state index contributed by atoms with van der Waals surface area (Å²) in [6, 6.07) is 13.6. The largest absolute Gasteiger partial charge is 0.466 e. The predicted octanol–water partition coefficient (Wildman–Crippen LogP) is 5.80. The van der Waals surface area contributed by atoms with Crippen LogP contribution in [0, 0.1) is 5.92 Å². The number of ether oxygens (including phenoxy) is 1. The number of amides is 1. The number of H-pyrrole nitrogens is 1. The molecular formula is C25H26Cl2N2O3. The van der Waals surface area contributed by atoms with Gasteiger partial charge in [-0.1, -0.05) is 47.5 Å². The zero-order valence-corrected chi connectivity index (χ0v) is 19.5. The smallest absolute Gasteiger partial charge is 0.310 e. The molecule has 1 amide bonds.